The van der Waals surface area contributed by atoms with Crippen molar-refractivity contribution in [3.63, 3.8) is 0 Å². The molecule has 2 rings (SSSR count). The van der Waals surface area contributed by atoms with E-state index in [1.54, 1.807) is 19.2 Å². The fourth-order valence-electron chi connectivity index (χ4n) is 2.22. The fourth-order valence-corrected chi connectivity index (χ4v) is 2.22. The summed E-state index contributed by atoms with van der Waals surface area (Å²) in [5, 5.41) is 0. The Morgan fingerprint density at radius 3 is 2.26 bits per heavy atom. The van der Waals surface area contributed by atoms with Gasteiger partial charge in [0, 0.05) is 0 Å². The third kappa shape index (κ3) is 2.76. The average Bonchev–Trinajstić information content (AvgIpc) is 2.41. The van der Waals surface area contributed by atoms with E-state index in [0.717, 1.165) is 28.0 Å². The van der Waals surface area contributed by atoms with Crippen LogP contribution in [-0.2, 0) is 0 Å². The fraction of sp³-hybridized carbons (Fsp3) is 0.250. The molecule has 0 aliphatic heterocycles. The molecule has 19 heavy (non-hydrogen) atoms. The number of hydrogen-bond donors (Lipinski definition) is 1. The van der Waals surface area contributed by atoms with Crippen molar-refractivity contribution in [2.45, 2.75) is 19.9 Å². The maximum Gasteiger partial charge on any atom is 0.123 e. The van der Waals surface area contributed by atoms with Gasteiger partial charge < -0.3 is 10.5 Å². The van der Waals surface area contributed by atoms with E-state index in [2.05, 4.69) is 0 Å². The molecule has 1 unspecified atom stereocenters. The lowest BCUT2D eigenvalue weighted by molar-refractivity contribution is 0.411. The Balaban J connectivity index is 2.41. The van der Waals surface area contributed by atoms with Crippen LogP contribution in [0.4, 0.5) is 4.39 Å². The number of methoxy groups -OCH3 is 1. The van der Waals surface area contributed by atoms with Crippen LogP contribution >= 0.6 is 0 Å². The summed E-state index contributed by atoms with van der Waals surface area (Å²) >= 11 is 0. The first-order valence-electron chi connectivity index (χ1n) is 6.19. The van der Waals surface area contributed by atoms with Crippen LogP contribution < -0.4 is 10.5 Å². The van der Waals surface area contributed by atoms with Crippen molar-refractivity contribution in [1.82, 2.24) is 0 Å². The molecule has 0 fully saturated rings. The highest BCUT2D eigenvalue weighted by Gasteiger charge is 2.13. The van der Waals surface area contributed by atoms with Crippen LogP contribution in [-0.4, -0.2) is 7.11 Å². The highest BCUT2D eigenvalue weighted by atomic mass is 19.1. The van der Waals surface area contributed by atoms with Crippen LogP contribution in [0.15, 0.2) is 36.4 Å². The zero-order valence-electron chi connectivity index (χ0n) is 11.4. The van der Waals surface area contributed by atoms with Gasteiger partial charge in [-0.15, -0.1) is 0 Å². The molecule has 100 valence electrons. The number of ether oxygens (including phenoxy) is 1. The Morgan fingerprint density at radius 1 is 1.05 bits per heavy atom. The van der Waals surface area contributed by atoms with E-state index in [0.29, 0.717) is 0 Å². The van der Waals surface area contributed by atoms with E-state index in [9.17, 15) is 4.39 Å². The molecule has 3 heteroatoms. The molecule has 0 aliphatic carbocycles. The molecule has 0 heterocycles. The summed E-state index contributed by atoms with van der Waals surface area (Å²) in [5.74, 6) is 0.603. The van der Waals surface area contributed by atoms with Gasteiger partial charge in [0.15, 0.2) is 0 Å². The Kier molecular flexibility index (Phi) is 3.86. The number of rotatable bonds is 3. The van der Waals surface area contributed by atoms with E-state index in [4.69, 9.17) is 10.5 Å². The van der Waals surface area contributed by atoms with Gasteiger partial charge in [-0.1, -0.05) is 18.2 Å². The van der Waals surface area contributed by atoms with Crippen LogP contribution in [0.1, 0.15) is 28.3 Å². The second-order valence-electron chi connectivity index (χ2n) is 4.71. The molecule has 0 saturated carbocycles. The maximum absolute atomic E-state index is 12.9. The third-order valence-electron chi connectivity index (χ3n) is 3.35. The summed E-state index contributed by atoms with van der Waals surface area (Å²) in [6.45, 7) is 3.99. The topological polar surface area (TPSA) is 35.2 Å². The Bertz CT molecular complexity index is 578. The minimum atomic E-state index is -0.259. The van der Waals surface area contributed by atoms with Crippen molar-refractivity contribution in [1.29, 1.82) is 0 Å². The normalized spacial score (nSPS) is 12.3. The highest BCUT2D eigenvalue weighted by molar-refractivity contribution is 5.45. The molecule has 0 radical (unpaired) electrons. The largest absolute Gasteiger partial charge is 0.496 e. The van der Waals surface area contributed by atoms with Gasteiger partial charge in [-0.05, 0) is 54.3 Å². The average molecular weight is 259 g/mol. The van der Waals surface area contributed by atoms with Crippen molar-refractivity contribution in [2.75, 3.05) is 7.11 Å². The standard InChI is InChI=1S/C16H18FNO/c1-10-9-15(19-3)11(2)8-14(10)16(18)12-4-6-13(17)7-5-12/h4-9,16H,18H2,1-3H3. The SMILES string of the molecule is COc1cc(C)c(C(N)c2ccc(F)cc2)cc1C. The maximum atomic E-state index is 12.9. The molecule has 2 aromatic rings. The first kappa shape index (κ1) is 13.6. The van der Waals surface area contributed by atoms with Crippen LogP contribution in [0.3, 0.4) is 0 Å². The van der Waals surface area contributed by atoms with Crippen molar-refractivity contribution >= 4 is 0 Å². The Labute approximate surface area is 113 Å². The number of aryl methyl sites for hydroxylation is 2. The summed E-state index contributed by atoms with van der Waals surface area (Å²) in [7, 11) is 1.65. The van der Waals surface area contributed by atoms with Gasteiger partial charge in [-0.3, -0.25) is 0 Å². The van der Waals surface area contributed by atoms with E-state index in [1.165, 1.54) is 12.1 Å². The summed E-state index contributed by atoms with van der Waals surface area (Å²) in [6.07, 6.45) is 0. The number of benzene rings is 2. The molecule has 2 aromatic carbocycles. The van der Waals surface area contributed by atoms with E-state index >= 15 is 0 Å². The highest BCUT2D eigenvalue weighted by Crippen LogP contribution is 2.28. The van der Waals surface area contributed by atoms with Gasteiger partial charge in [0.25, 0.3) is 0 Å². The number of nitrogens with two attached hydrogens (primary N) is 1. The van der Waals surface area contributed by atoms with Gasteiger partial charge in [-0.2, -0.15) is 0 Å². The van der Waals surface area contributed by atoms with Crippen molar-refractivity contribution in [3.05, 3.63) is 64.5 Å². The second-order valence-corrected chi connectivity index (χ2v) is 4.71. The van der Waals surface area contributed by atoms with Crippen LogP contribution in [0, 0.1) is 19.7 Å². The van der Waals surface area contributed by atoms with Gasteiger partial charge >= 0.3 is 0 Å². The molecule has 2 N–H and O–H groups in total. The summed E-state index contributed by atoms with van der Waals surface area (Å²) in [4.78, 5) is 0. The molecule has 1 atom stereocenters. The quantitative estimate of drug-likeness (QED) is 0.915. The number of halogens is 1. The lowest BCUT2D eigenvalue weighted by Crippen LogP contribution is -2.13. The lowest BCUT2D eigenvalue weighted by atomic mass is 9.94. The molecule has 0 aliphatic rings. The Hall–Kier alpha value is -1.87. The van der Waals surface area contributed by atoms with E-state index < -0.39 is 0 Å². The first-order chi connectivity index (χ1) is 9.02. The predicted octanol–water partition coefficient (Wildman–Crippen LogP) is 3.50. The molecular weight excluding hydrogens is 241 g/mol. The van der Waals surface area contributed by atoms with Crippen molar-refractivity contribution in [2.24, 2.45) is 5.73 Å². The summed E-state index contributed by atoms with van der Waals surface area (Å²) in [5.41, 5.74) is 10.3. The number of hydrogen-bond acceptors (Lipinski definition) is 2. The molecule has 0 amide bonds. The smallest absolute Gasteiger partial charge is 0.123 e. The zero-order chi connectivity index (χ0) is 14.0. The van der Waals surface area contributed by atoms with Crippen LogP contribution in [0.2, 0.25) is 0 Å². The van der Waals surface area contributed by atoms with Crippen molar-refractivity contribution in [3.8, 4) is 5.75 Å². The first-order valence-corrected chi connectivity index (χ1v) is 6.19. The van der Waals surface area contributed by atoms with Gasteiger partial charge in [-0.25, -0.2) is 4.39 Å². The minimum Gasteiger partial charge on any atom is -0.496 e. The van der Waals surface area contributed by atoms with Crippen LogP contribution in [0.25, 0.3) is 0 Å². The Morgan fingerprint density at radius 2 is 1.68 bits per heavy atom. The van der Waals surface area contributed by atoms with Crippen molar-refractivity contribution < 1.29 is 9.13 Å². The molecule has 0 aromatic heterocycles. The van der Waals surface area contributed by atoms with Gasteiger partial charge in [0.1, 0.15) is 11.6 Å². The molecule has 0 bridgehead atoms. The summed E-state index contributed by atoms with van der Waals surface area (Å²) in [6, 6.07) is 10.1. The molecule has 0 saturated heterocycles. The molecule has 0 spiro atoms. The second kappa shape index (κ2) is 5.41. The van der Waals surface area contributed by atoms with Crippen LogP contribution in [0.5, 0.6) is 5.75 Å². The van der Waals surface area contributed by atoms with E-state index in [-0.39, 0.29) is 11.9 Å². The minimum absolute atomic E-state index is 0.251. The lowest BCUT2D eigenvalue weighted by Gasteiger charge is -2.17. The third-order valence-corrected chi connectivity index (χ3v) is 3.35. The van der Waals surface area contributed by atoms with Gasteiger partial charge in [0.05, 0.1) is 13.2 Å². The van der Waals surface area contributed by atoms with Gasteiger partial charge in [0.2, 0.25) is 0 Å². The molecule has 2 nitrogen and oxygen atoms in total. The zero-order valence-corrected chi connectivity index (χ0v) is 11.4. The van der Waals surface area contributed by atoms with E-state index in [1.807, 2.05) is 26.0 Å². The monoisotopic (exact) mass is 259 g/mol. The molecular formula is C16H18FNO. The summed E-state index contributed by atoms with van der Waals surface area (Å²) < 4.78 is 18.2. The predicted molar refractivity (Wildman–Crippen MR) is 74.9 cm³/mol.